The Morgan fingerprint density at radius 2 is 1.77 bits per heavy atom. The second-order valence-corrected chi connectivity index (χ2v) is 7.73. The fourth-order valence-corrected chi connectivity index (χ4v) is 4.02. The zero-order valence-electron chi connectivity index (χ0n) is 16.1. The number of aromatic hydroxyl groups is 1. The summed E-state index contributed by atoms with van der Waals surface area (Å²) in [4.78, 5) is 13.6. The molecule has 0 saturated carbocycles. The molecule has 3 aromatic carbocycles. The summed E-state index contributed by atoms with van der Waals surface area (Å²) in [5, 5.41) is 20.3. The molecule has 0 unspecified atom stereocenters. The monoisotopic (exact) mass is 456 g/mol. The predicted molar refractivity (Wildman–Crippen MR) is 122 cm³/mol. The first-order chi connectivity index (χ1) is 14.5. The van der Waals surface area contributed by atoms with Crippen LogP contribution in [0.5, 0.6) is 5.75 Å². The van der Waals surface area contributed by atoms with Crippen molar-refractivity contribution in [1.29, 1.82) is 5.26 Å². The molecule has 0 radical (unpaired) electrons. The summed E-state index contributed by atoms with van der Waals surface area (Å²) < 4.78 is 2.49. The Bertz CT molecular complexity index is 1350. The van der Waals surface area contributed by atoms with E-state index in [0.717, 1.165) is 22.2 Å². The largest absolute Gasteiger partial charge is 0.507 e. The highest BCUT2D eigenvalue weighted by molar-refractivity contribution is 9.10. The number of nitriles is 1. The molecule has 4 aromatic rings. The summed E-state index contributed by atoms with van der Waals surface area (Å²) in [7, 11) is 1.92. The van der Waals surface area contributed by atoms with Gasteiger partial charge in [-0.1, -0.05) is 54.6 Å². The molecule has 4 nitrogen and oxygen atoms in total. The van der Waals surface area contributed by atoms with E-state index in [4.69, 9.17) is 0 Å². The SMILES string of the molecule is Cn1c(-c2ccccc2)c(C(=O)C(C#N)=Cc2ccc(O)c(Br)c2)c2ccccc21. The number of allylic oxidation sites excluding steroid dienone is 1. The number of phenols is 1. The first-order valence-electron chi connectivity index (χ1n) is 9.29. The molecule has 0 saturated heterocycles. The standard InChI is InChI=1S/C25H17BrN2O2/c1-28-21-10-6-5-9-19(21)23(24(28)17-7-3-2-4-8-17)25(30)18(15-27)13-16-11-12-22(29)20(26)14-16/h2-14,29H,1H3. The van der Waals surface area contributed by atoms with Gasteiger partial charge in [0.15, 0.2) is 0 Å². The Balaban J connectivity index is 1.93. The van der Waals surface area contributed by atoms with Crippen LogP contribution in [-0.4, -0.2) is 15.5 Å². The van der Waals surface area contributed by atoms with Crippen molar-refractivity contribution in [3.8, 4) is 23.1 Å². The number of rotatable bonds is 4. The molecule has 5 heteroatoms. The summed E-state index contributed by atoms with van der Waals surface area (Å²) in [6, 6.07) is 24.3. The third-order valence-corrected chi connectivity index (χ3v) is 5.66. The Morgan fingerprint density at radius 3 is 2.47 bits per heavy atom. The molecule has 1 aromatic heterocycles. The van der Waals surface area contributed by atoms with E-state index in [0.29, 0.717) is 15.6 Å². The number of carbonyl (C=O) groups is 1. The molecule has 0 spiro atoms. The van der Waals surface area contributed by atoms with Crippen molar-refractivity contribution in [2.24, 2.45) is 7.05 Å². The predicted octanol–water partition coefficient (Wildman–Crippen LogP) is 6.10. The van der Waals surface area contributed by atoms with Crippen LogP contribution in [0, 0.1) is 11.3 Å². The number of nitrogens with zero attached hydrogens (tertiary/aromatic N) is 2. The van der Waals surface area contributed by atoms with Crippen molar-refractivity contribution in [2.45, 2.75) is 0 Å². The van der Waals surface area contributed by atoms with Crippen molar-refractivity contribution in [3.05, 3.63) is 94.0 Å². The molecule has 0 bridgehead atoms. The van der Waals surface area contributed by atoms with Crippen molar-refractivity contribution in [2.75, 3.05) is 0 Å². The van der Waals surface area contributed by atoms with Crippen LogP contribution >= 0.6 is 15.9 Å². The lowest BCUT2D eigenvalue weighted by Gasteiger charge is -2.08. The van der Waals surface area contributed by atoms with Crippen LogP contribution in [0.25, 0.3) is 28.2 Å². The molecule has 0 aliphatic heterocycles. The van der Waals surface area contributed by atoms with Crippen LogP contribution in [0.4, 0.5) is 0 Å². The molecule has 0 atom stereocenters. The number of Topliss-reactive ketones (excluding diaryl/α,β-unsaturated/α-hetero) is 1. The maximum absolute atomic E-state index is 13.6. The van der Waals surface area contributed by atoms with Crippen molar-refractivity contribution < 1.29 is 9.90 Å². The van der Waals surface area contributed by atoms with E-state index >= 15 is 0 Å². The van der Waals surface area contributed by atoms with E-state index < -0.39 is 0 Å². The van der Waals surface area contributed by atoms with Crippen LogP contribution in [0.1, 0.15) is 15.9 Å². The lowest BCUT2D eigenvalue weighted by molar-refractivity contribution is 0.104. The average Bonchev–Trinajstić information content (AvgIpc) is 3.07. The van der Waals surface area contributed by atoms with Crippen molar-refractivity contribution in [1.82, 2.24) is 4.57 Å². The van der Waals surface area contributed by atoms with Gasteiger partial charge in [0.1, 0.15) is 17.4 Å². The Labute approximate surface area is 182 Å². The number of hydrogen-bond donors (Lipinski definition) is 1. The van der Waals surface area contributed by atoms with Gasteiger partial charge in [0.2, 0.25) is 5.78 Å². The number of halogens is 1. The van der Waals surface area contributed by atoms with Gasteiger partial charge in [-0.25, -0.2) is 0 Å². The van der Waals surface area contributed by atoms with Crippen LogP contribution in [0.2, 0.25) is 0 Å². The summed E-state index contributed by atoms with van der Waals surface area (Å²) in [5.74, 6) is -0.241. The van der Waals surface area contributed by atoms with E-state index in [1.54, 1.807) is 18.2 Å². The van der Waals surface area contributed by atoms with Crippen LogP contribution < -0.4 is 0 Å². The third kappa shape index (κ3) is 3.42. The summed E-state index contributed by atoms with van der Waals surface area (Å²) in [6.45, 7) is 0. The summed E-state index contributed by atoms with van der Waals surface area (Å²) >= 11 is 3.27. The summed E-state index contributed by atoms with van der Waals surface area (Å²) in [6.07, 6.45) is 1.54. The van der Waals surface area contributed by atoms with E-state index in [2.05, 4.69) is 22.0 Å². The molecule has 1 N–H and O–H groups in total. The highest BCUT2D eigenvalue weighted by Gasteiger charge is 2.24. The maximum atomic E-state index is 13.6. The number of benzene rings is 3. The van der Waals surface area contributed by atoms with Gasteiger partial charge in [0.05, 0.1) is 15.7 Å². The quantitative estimate of drug-likeness (QED) is 0.229. The number of aryl methyl sites for hydroxylation is 1. The Morgan fingerprint density at radius 1 is 1.07 bits per heavy atom. The molecular weight excluding hydrogens is 440 g/mol. The molecule has 30 heavy (non-hydrogen) atoms. The van der Waals surface area contributed by atoms with Crippen LogP contribution in [-0.2, 0) is 7.05 Å². The van der Waals surface area contributed by atoms with Gasteiger partial charge in [0.25, 0.3) is 0 Å². The van der Waals surface area contributed by atoms with Gasteiger partial charge in [0, 0.05) is 18.0 Å². The first kappa shape index (κ1) is 19.7. The number of hydrogen-bond acceptors (Lipinski definition) is 3. The topological polar surface area (TPSA) is 66.0 Å². The van der Waals surface area contributed by atoms with Crippen molar-refractivity contribution >= 4 is 38.7 Å². The maximum Gasteiger partial charge on any atom is 0.206 e. The van der Waals surface area contributed by atoms with Gasteiger partial charge in [-0.3, -0.25) is 4.79 Å². The number of ketones is 1. The molecule has 0 aliphatic rings. The van der Waals surface area contributed by atoms with Crippen LogP contribution in [0.15, 0.2) is 82.8 Å². The minimum Gasteiger partial charge on any atom is -0.507 e. The minimum absolute atomic E-state index is 0.0288. The highest BCUT2D eigenvalue weighted by Crippen LogP contribution is 2.35. The lowest BCUT2D eigenvalue weighted by Crippen LogP contribution is -2.05. The molecule has 4 rings (SSSR count). The number of carbonyl (C=O) groups excluding carboxylic acids is 1. The van der Waals surface area contributed by atoms with Crippen molar-refractivity contribution in [3.63, 3.8) is 0 Å². The average molecular weight is 457 g/mol. The number of fused-ring (bicyclic) bond motifs is 1. The fourth-order valence-electron chi connectivity index (χ4n) is 3.62. The summed E-state index contributed by atoms with van der Waals surface area (Å²) in [5.41, 5.74) is 3.78. The normalized spacial score (nSPS) is 11.4. The van der Waals surface area contributed by atoms with Gasteiger partial charge >= 0.3 is 0 Å². The Hall–Kier alpha value is -3.62. The van der Waals surface area contributed by atoms with E-state index in [1.165, 1.54) is 6.07 Å². The van der Waals surface area contributed by atoms with Crippen LogP contribution in [0.3, 0.4) is 0 Å². The number of para-hydroxylation sites is 1. The molecule has 146 valence electrons. The van der Waals surface area contributed by atoms with Gasteiger partial charge < -0.3 is 9.67 Å². The lowest BCUT2D eigenvalue weighted by atomic mass is 9.96. The molecular formula is C25H17BrN2O2. The fraction of sp³-hybridized carbons (Fsp3) is 0.0400. The second kappa shape index (κ2) is 8.02. The van der Waals surface area contributed by atoms with E-state index in [1.807, 2.05) is 66.2 Å². The Kier molecular flexibility index (Phi) is 5.26. The first-order valence-corrected chi connectivity index (χ1v) is 10.1. The molecule has 0 fully saturated rings. The zero-order valence-corrected chi connectivity index (χ0v) is 17.7. The second-order valence-electron chi connectivity index (χ2n) is 6.88. The minimum atomic E-state index is -0.336. The highest BCUT2D eigenvalue weighted by atomic mass is 79.9. The van der Waals surface area contributed by atoms with Gasteiger partial charge in [-0.05, 0) is 51.3 Å². The molecule has 0 amide bonds. The smallest absolute Gasteiger partial charge is 0.206 e. The number of aromatic nitrogens is 1. The van der Waals surface area contributed by atoms with E-state index in [9.17, 15) is 15.2 Å². The zero-order chi connectivity index (χ0) is 21.3. The third-order valence-electron chi connectivity index (χ3n) is 5.03. The molecule has 0 aliphatic carbocycles. The molecule has 1 heterocycles. The van der Waals surface area contributed by atoms with Gasteiger partial charge in [-0.2, -0.15) is 5.26 Å². The van der Waals surface area contributed by atoms with E-state index in [-0.39, 0.29) is 17.1 Å². The van der Waals surface area contributed by atoms with Gasteiger partial charge in [-0.15, -0.1) is 0 Å². The number of phenolic OH excluding ortho intramolecular Hbond substituents is 1.